The van der Waals surface area contributed by atoms with Crippen molar-refractivity contribution in [2.45, 2.75) is 0 Å². The van der Waals surface area contributed by atoms with Crippen LogP contribution in [0.4, 0.5) is 5.69 Å². The molecule has 0 atom stereocenters. The number of hydrogen-bond donors (Lipinski definition) is 1. The summed E-state index contributed by atoms with van der Waals surface area (Å²) in [5.74, 6) is -0.319. The summed E-state index contributed by atoms with van der Waals surface area (Å²) in [5, 5.41) is 5.53. The van der Waals surface area contributed by atoms with Crippen molar-refractivity contribution in [2.24, 2.45) is 0 Å². The number of halogens is 2. The lowest BCUT2D eigenvalue weighted by Crippen LogP contribution is -2.12. The number of carbonyl (C=O) groups is 1. The van der Waals surface area contributed by atoms with Crippen LogP contribution in [0.15, 0.2) is 36.0 Å². The largest absolute Gasteiger partial charge is 0.319 e. The van der Waals surface area contributed by atoms with Crippen LogP contribution in [-0.2, 0) is 0 Å². The Balaban J connectivity index is 1.88. The number of rotatable bonds is 2. The van der Waals surface area contributed by atoms with E-state index in [1.54, 1.807) is 28.8 Å². The number of nitrogens with one attached hydrogen (secondary N) is 1. The van der Waals surface area contributed by atoms with Crippen molar-refractivity contribution in [3.05, 3.63) is 51.7 Å². The third-order valence-corrected chi connectivity index (χ3v) is 3.84. The lowest BCUT2D eigenvalue weighted by molar-refractivity contribution is 0.102. The number of fused-ring (bicyclic) bond motifs is 1. The highest BCUT2D eigenvalue weighted by Gasteiger charge is 2.13. The predicted octanol–water partition coefficient (Wildman–Crippen LogP) is 3.95. The first-order valence-electron chi connectivity index (χ1n) is 5.32. The summed E-state index contributed by atoms with van der Waals surface area (Å²) in [7, 11) is 0. The van der Waals surface area contributed by atoms with E-state index >= 15 is 0 Å². The predicted molar refractivity (Wildman–Crippen MR) is 77.5 cm³/mol. The summed E-state index contributed by atoms with van der Waals surface area (Å²) in [5.41, 5.74) is 0.804. The fourth-order valence-corrected chi connectivity index (χ4v) is 2.65. The van der Waals surface area contributed by atoms with E-state index in [2.05, 4.69) is 10.3 Å². The second-order valence-electron chi connectivity index (χ2n) is 3.80. The van der Waals surface area contributed by atoms with Gasteiger partial charge in [0, 0.05) is 22.8 Å². The maximum atomic E-state index is 12.1. The van der Waals surface area contributed by atoms with Gasteiger partial charge in [0.1, 0.15) is 5.69 Å². The summed E-state index contributed by atoms with van der Waals surface area (Å²) in [6.45, 7) is 0. The molecule has 0 unspecified atom stereocenters. The smallest absolute Gasteiger partial charge is 0.275 e. The van der Waals surface area contributed by atoms with E-state index < -0.39 is 0 Å². The molecule has 0 bridgehead atoms. The molecule has 0 radical (unpaired) electrons. The van der Waals surface area contributed by atoms with Crippen LogP contribution < -0.4 is 5.32 Å². The summed E-state index contributed by atoms with van der Waals surface area (Å²) >= 11 is 13.3. The van der Waals surface area contributed by atoms with Gasteiger partial charge < -0.3 is 5.32 Å². The van der Waals surface area contributed by atoms with Crippen LogP contribution in [0.2, 0.25) is 10.0 Å². The molecular weight excluding hydrogens is 305 g/mol. The molecule has 0 fully saturated rings. The number of hydrogen-bond acceptors (Lipinski definition) is 3. The van der Waals surface area contributed by atoms with Crippen molar-refractivity contribution in [1.29, 1.82) is 0 Å². The van der Waals surface area contributed by atoms with Crippen LogP contribution in [0.3, 0.4) is 0 Å². The van der Waals surface area contributed by atoms with Crippen molar-refractivity contribution < 1.29 is 4.79 Å². The third kappa shape index (κ3) is 2.45. The molecule has 96 valence electrons. The van der Waals surface area contributed by atoms with Gasteiger partial charge in [-0.2, -0.15) is 0 Å². The Morgan fingerprint density at radius 1 is 1.37 bits per heavy atom. The van der Waals surface area contributed by atoms with Crippen molar-refractivity contribution in [3.63, 3.8) is 0 Å². The number of thiazole rings is 1. The number of aromatic nitrogens is 2. The van der Waals surface area contributed by atoms with Gasteiger partial charge in [0.15, 0.2) is 4.96 Å². The van der Waals surface area contributed by atoms with Crippen LogP contribution >= 0.6 is 34.5 Å². The molecule has 0 aliphatic carbocycles. The van der Waals surface area contributed by atoms with Crippen LogP contribution in [-0.4, -0.2) is 15.3 Å². The maximum Gasteiger partial charge on any atom is 0.275 e. The zero-order valence-electron chi connectivity index (χ0n) is 9.43. The molecule has 0 spiro atoms. The number of anilines is 1. The SMILES string of the molecule is O=C(Nc1cc(Cl)ccc1Cl)c1cn2ccsc2n1. The Morgan fingerprint density at radius 2 is 2.21 bits per heavy atom. The van der Waals surface area contributed by atoms with Gasteiger partial charge in [-0.25, -0.2) is 4.98 Å². The van der Waals surface area contributed by atoms with Crippen LogP contribution in [0.1, 0.15) is 10.5 Å². The van der Waals surface area contributed by atoms with Gasteiger partial charge in [-0.1, -0.05) is 23.2 Å². The summed E-state index contributed by atoms with van der Waals surface area (Å²) < 4.78 is 1.79. The zero-order chi connectivity index (χ0) is 13.4. The van der Waals surface area contributed by atoms with Crippen LogP contribution in [0.5, 0.6) is 0 Å². The minimum absolute atomic E-state index is 0.319. The van der Waals surface area contributed by atoms with Gasteiger partial charge in [-0.3, -0.25) is 9.20 Å². The molecule has 0 aliphatic rings. The van der Waals surface area contributed by atoms with Crippen molar-refractivity contribution in [3.8, 4) is 0 Å². The standard InChI is InChI=1S/C12H7Cl2N3OS/c13-7-1-2-8(14)9(5-7)15-11(18)10-6-17-3-4-19-12(17)16-10/h1-6H,(H,15,18). The van der Waals surface area contributed by atoms with Crippen molar-refractivity contribution >= 4 is 51.1 Å². The minimum Gasteiger partial charge on any atom is -0.319 e. The first-order valence-corrected chi connectivity index (χ1v) is 6.95. The molecule has 0 saturated carbocycles. The fraction of sp³-hybridized carbons (Fsp3) is 0. The normalized spacial score (nSPS) is 10.8. The second kappa shape index (κ2) is 4.85. The van der Waals surface area contributed by atoms with Gasteiger partial charge in [0.05, 0.1) is 10.7 Å². The Bertz CT molecular complexity index is 737. The molecule has 4 nitrogen and oxygen atoms in total. The summed E-state index contributed by atoms with van der Waals surface area (Å²) in [4.78, 5) is 17.0. The molecule has 2 heterocycles. The van der Waals surface area contributed by atoms with Gasteiger partial charge in [-0.15, -0.1) is 11.3 Å². The van der Waals surface area contributed by atoms with Crippen molar-refractivity contribution in [1.82, 2.24) is 9.38 Å². The Hall–Kier alpha value is -1.56. The molecule has 1 aromatic carbocycles. The summed E-state index contributed by atoms with van der Waals surface area (Å²) in [6.07, 6.45) is 3.51. The van der Waals surface area contributed by atoms with Crippen LogP contribution in [0, 0.1) is 0 Å². The molecule has 3 aromatic rings. The maximum absolute atomic E-state index is 12.1. The number of imidazole rings is 1. The first-order chi connectivity index (χ1) is 9.13. The second-order valence-corrected chi connectivity index (χ2v) is 5.51. The Labute approximate surface area is 122 Å². The van der Waals surface area contributed by atoms with E-state index in [1.807, 2.05) is 11.6 Å². The fourth-order valence-electron chi connectivity index (χ4n) is 1.62. The lowest BCUT2D eigenvalue weighted by atomic mass is 10.3. The van der Waals surface area contributed by atoms with Gasteiger partial charge in [-0.05, 0) is 18.2 Å². The quantitative estimate of drug-likeness (QED) is 0.778. The van der Waals surface area contributed by atoms with Crippen molar-refractivity contribution in [2.75, 3.05) is 5.32 Å². The Kier molecular flexibility index (Phi) is 3.18. The molecular formula is C12H7Cl2N3OS. The highest BCUT2D eigenvalue weighted by atomic mass is 35.5. The Morgan fingerprint density at radius 3 is 3.00 bits per heavy atom. The van der Waals surface area contributed by atoms with Gasteiger partial charge in [0.25, 0.3) is 5.91 Å². The van der Waals surface area contributed by atoms with E-state index in [4.69, 9.17) is 23.2 Å². The molecule has 2 aromatic heterocycles. The number of carbonyl (C=O) groups excluding carboxylic acids is 1. The van der Waals surface area contributed by atoms with Gasteiger partial charge >= 0.3 is 0 Å². The van der Waals surface area contributed by atoms with E-state index in [0.717, 1.165) is 4.96 Å². The average molecular weight is 312 g/mol. The molecule has 1 amide bonds. The number of benzene rings is 1. The molecule has 1 N–H and O–H groups in total. The average Bonchev–Trinajstić information content (AvgIpc) is 2.94. The molecule has 0 saturated heterocycles. The van der Waals surface area contributed by atoms with Gasteiger partial charge in [0.2, 0.25) is 0 Å². The zero-order valence-corrected chi connectivity index (χ0v) is 11.8. The number of nitrogens with zero attached hydrogens (tertiary/aromatic N) is 2. The monoisotopic (exact) mass is 311 g/mol. The summed E-state index contributed by atoms with van der Waals surface area (Å²) in [6, 6.07) is 4.89. The first kappa shape index (κ1) is 12.5. The van der Waals surface area contributed by atoms with E-state index in [-0.39, 0.29) is 5.91 Å². The highest BCUT2D eigenvalue weighted by molar-refractivity contribution is 7.15. The van der Waals surface area contributed by atoms with E-state index in [0.29, 0.717) is 21.4 Å². The van der Waals surface area contributed by atoms with Crippen LogP contribution in [0.25, 0.3) is 4.96 Å². The van der Waals surface area contributed by atoms with E-state index in [1.165, 1.54) is 11.3 Å². The molecule has 0 aliphatic heterocycles. The minimum atomic E-state index is -0.319. The highest BCUT2D eigenvalue weighted by Crippen LogP contribution is 2.26. The van der Waals surface area contributed by atoms with E-state index in [9.17, 15) is 4.79 Å². The lowest BCUT2D eigenvalue weighted by Gasteiger charge is -2.05. The third-order valence-electron chi connectivity index (χ3n) is 2.50. The topological polar surface area (TPSA) is 46.4 Å². The molecule has 3 rings (SSSR count). The molecule has 7 heteroatoms. The number of amides is 1. The molecule has 19 heavy (non-hydrogen) atoms.